The number of hydrogen-bond donors (Lipinski definition) is 2. The van der Waals surface area contributed by atoms with Crippen LogP contribution in [0.1, 0.15) is 35.5 Å². The third kappa shape index (κ3) is 5.25. The summed E-state index contributed by atoms with van der Waals surface area (Å²) in [6.07, 6.45) is 3.89. The summed E-state index contributed by atoms with van der Waals surface area (Å²) in [6, 6.07) is 23.2. The lowest BCUT2D eigenvalue weighted by atomic mass is 10.0. The molecule has 10 heteroatoms. The molecule has 0 spiro atoms. The largest absolute Gasteiger partial charge is 0.352 e. The van der Waals surface area contributed by atoms with Crippen molar-refractivity contribution in [3.63, 3.8) is 0 Å². The molecule has 2 aromatic carbocycles. The summed E-state index contributed by atoms with van der Waals surface area (Å²) in [5.41, 5.74) is 4.37. The molecule has 0 saturated carbocycles. The first-order chi connectivity index (χ1) is 18.4. The second kappa shape index (κ2) is 10.8. The predicted octanol–water partition coefficient (Wildman–Crippen LogP) is 5.09. The number of nitro benzene ring substituents is 1. The maximum absolute atomic E-state index is 12.8. The molecule has 0 radical (unpaired) electrons. The molecule has 2 aromatic heterocycles. The lowest BCUT2D eigenvalue weighted by molar-refractivity contribution is -0.384. The fourth-order valence-corrected chi connectivity index (χ4v) is 5.07. The molecule has 1 amide bonds. The van der Waals surface area contributed by atoms with Crippen molar-refractivity contribution in [1.82, 2.24) is 19.8 Å². The Morgan fingerprint density at radius 3 is 2.63 bits per heavy atom. The van der Waals surface area contributed by atoms with Crippen molar-refractivity contribution in [2.45, 2.75) is 25.4 Å². The van der Waals surface area contributed by atoms with Crippen molar-refractivity contribution in [2.75, 3.05) is 11.9 Å². The van der Waals surface area contributed by atoms with Crippen molar-refractivity contribution < 1.29 is 9.72 Å². The van der Waals surface area contributed by atoms with E-state index in [2.05, 4.69) is 15.6 Å². The fraction of sp³-hybridized carbons (Fsp3) is 0.179. The van der Waals surface area contributed by atoms with E-state index >= 15 is 0 Å². The maximum Gasteiger partial charge on any atom is 0.269 e. The van der Waals surface area contributed by atoms with E-state index in [4.69, 9.17) is 12.2 Å². The fourth-order valence-electron chi connectivity index (χ4n) is 4.74. The van der Waals surface area contributed by atoms with Crippen LogP contribution in [0.5, 0.6) is 0 Å². The molecule has 0 aliphatic carbocycles. The van der Waals surface area contributed by atoms with Gasteiger partial charge in [0.2, 0.25) is 5.91 Å². The van der Waals surface area contributed by atoms with E-state index in [0.717, 1.165) is 28.3 Å². The van der Waals surface area contributed by atoms with Gasteiger partial charge in [-0.15, -0.1) is 0 Å². The number of pyridine rings is 1. The van der Waals surface area contributed by atoms with Crippen molar-refractivity contribution >= 4 is 34.6 Å². The van der Waals surface area contributed by atoms with Gasteiger partial charge in [0.25, 0.3) is 5.69 Å². The van der Waals surface area contributed by atoms with Gasteiger partial charge in [0.15, 0.2) is 5.11 Å². The summed E-state index contributed by atoms with van der Waals surface area (Å²) >= 11 is 5.74. The minimum Gasteiger partial charge on any atom is -0.352 e. The van der Waals surface area contributed by atoms with E-state index in [-0.39, 0.29) is 30.1 Å². The van der Waals surface area contributed by atoms with E-state index in [1.165, 1.54) is 12.1 Å². The zero-order valence-electron chi connectivity index (χ0n) is 20.7. The van der Waals surface area contributed by atoms with E-state index in [1.54, 1.807) is 18.3 Å². The van der Waals surface area contributed by atoms with Crippen LogP contribution in [0.4, 0.5) is 11.4 Å². The van der Waals surface area contributed by atoms with Gasteiger partial charge < -0.3 is 20.1 Å². The number of aryl methyl sites for hydroxylation is 1. The lowest BCUT2D eigenvalue weighted by Crippen LogP contribution is -2.33. The van der Waals surface area contributed by atoms with Gasteiger partial charge >= 0.3 is 0 Å². The molecule has 0 unspecified atom stereocenters. The standard InChI is InChI=1S/C28H26N6O3S/c1-19-6-4-7-20(18-19)30-25(35)14-17-33-27(26(31-28(33)38)23-8-2-3-15-29-23)24-9-5-16-32(24)21-10-12-22(13-11-21)34(36)37/h2-13,15-16,18,26-27H,14,17H2,1H3,(H,30,35)(H,31,38)/t26-,27-/m1/s1. The molecule has 3 heterocycles. The molecular weight excluding hydrogens is 500 g/mol. The van der Waals surface area contributed by atoms with E-state index in [9.17, 15) is 14.9 Å². The van der Waals surface area contributed by atoms with Crippen molar-refractivity contribution in [2.24, 2.45) is 0 Å². The van der Waals surface area contributed by atoms with Gasteiger partial charge in [0.1, 0.15) is 0 Å². The number of non-ortho nitro benzene ring substituents is 1. The molecule has 2 N–H and O–H groups in total. The molecule has 2 atom stereocenters. The van der Waals surface area contributed by atoms with Crippen LogP contribution in [-0.2, 0) is 4.79 Å². The topological polar surface area (TPSA) is 105 Å². The summed E-state index contributed by atoms with van der Waals surface area (Å²) in [5, 5.41) is 18.0. The second-order valence-corrected chi connectivity index (χ2v) is 9.45. The Balaban J connectivity index is 1.44. The van der Waals surface area contributed by atoms with Gasteiger partial charge in [-0.3, -0.25) is 19.9 Å². The van der Waals surface area contributed by atoms with Gasteiger partial charge in [-0.25, -0.2) is 0 Å². The second-order valence-electron chi connectivity index (χ2n) is 9.06. The number of rotatable bonds is 8. The smallest absolute Gasteiger partial charge is 0.269 e. The van der Waals surface area contributed by atoms with Gasteiger partial charge in [0, 0.05) is 54.6 Å². The van der Waals surface area contributed by atoms with Gasteiger partial charge in [-0.1, -0.05) is 18.2 Å². The molecule has 1 saturated heterocycles. The highest BCUT2D eigenvalue weighted by molar-refractivity contribution is 7.80. The molecular formula is C28H26N6O3S. The highest BCUT2D eigenvalue weighted by Gasteiger charge is 2.41. The summed E-state index contributed by atoms with van der Waals surface area (Å²) < 4.78 is 1.99. The molecule has 9 nitrogen and oxygen atoms in total. The van der Waals surface area contributed by atoms with E-state index in [0.29, 0.717) is 11.7 Å². The van der Waals surface area contributed by atoms with Crippen LogP contribution in [0.25, 0.3) is 5.69 Å². The average Bonchev–Trinajstić information content (AvgIpc) is 3.52. The minimum atomic E-state index is -0.416. The number of hydrogen-bond acceptors (Lipinski definition) is 5. The third-order valence-electron chi connectivity index (χ3n) is 6.50. The third-order valence-corrected chi connectivity index (χ3v) is 6.85. The summed E-state index contributed by atoms with van der Waals surface area (Å²) in [7, 11) is 0. The number of nitrogens with zero attached hydrogens (tertiary/aromatic N) is 4. The number of carbonyl (C=O) groups is 1. The Labute approximate surface area is 225 Å². The Morgan fingerprint density at radius 2 is 1.92 bits per heavy atom. The SMILES string of the molecule is Cc1cccc(NC(=O)CCN2C(=S)N[C@H](c3ccccn3)[C@H]2c2cccn2-c2ccc([N+](=O)[O-])cc2)c1. The molecule has 1 aliphatic heterocycles. The van der Waals surface area contributed by atoms with E-state index in [1.807, 2.05) is 77.2 Å². The highest BCUT2D eigenvalue weighted by atomic mass is 32.1. The molecule has 5 rings (SSSR count). The number of aromatic nitrogens is 2. The average molecular weight is 527 g/mol. The molecule has 38 heavy (non-hydrogen) atoms. The number of nitrogens with one attached hydrogen (secondary N) is 2. The summed E-state index contributed by atoms with van der Waals surface area (Å²) in [4.78, 5) is 30.1. The van der Waals surface area contributed by atoms with Crippen LogP contribution in [-0.4, -0.2) is 36.9 Å². The molecule has 192 valence electrons. The molecule has 4 aromatic rings. The zero-order chi connectivity index (χ0) is 26.6. The first kappa shape index (κ1) is 25.1. The molecule has 1 fully saturated rings. The van der Waals surface area contributed by atoms with Crippen LogP contribution in [0.15, 0.2) is 91.3 Å². The van der Waals surface area contributed by atoms with Crippen molar-refractivity contribution in [3.05, 3.63) is 118 Å². The van der Waals surface area contributed by atoms with Crippen LogP contribution in [0, 0.1) is 17.0 Å². The van der Waals surface area contributed by atoms with Crippen LogP contribution < -0.4 is 10.6 Å². The molecule has 0 bridgehead atoms. The quantitative estimate of drug-likeness (QED) is 0.187. The number of nitro groups is 1. The maximum atomic E-state index is 12.8. The predicted molar refractivity (Wildman–Crippen MR) is 149 cm³/mol. The number of thiocarbonyl (C=S) groups is 1. The number of amides is 1. The van der Waals surface area contributed by atoms with E-state index < -0.39 is 4.92 Å². The Kier molecular flexibility index (Phi) is 7.14. The number of carbonyl (C=O) groups excluding carboxylic acids is 1. The Morgan fingerprint density at radius 1 is 1.11 bits per heavy atom. The Hall–Kier alpha value is -4.57. The van der Waals surface area contributed by atoms with Crippen molar-refractivity contribution in [1.29, 1.82) is 0 Å². The normalized spacial score (nSPS) is 16.8. The first-order valence-electron chi connectivity index (χ1n) is 12.2. The monoisotopic (exact) mass is 526 g/mol. The van der Waals surface area contributed by atoms with Crippen molar-refractivity contribution in [3.8, 4) is 5.69 Å². The van der Waals surface area contributed by atoms with Gasteiger partial charge in [-0.2, -0.15) is 0 Å². The Bertz CT molecular complexity index is 1470. The van der Waals surface area contributed by atoms with Crippen LogP contribution in [0.3, 0.4) is 0 Å². The van der Waals surface area contributed by atoms with Gasteiger partial charge in [-0.05, 0) is 73.2 Å². The number of benzene rings is 2. The molecule has 1 aliphatic rings. The minimum absolute atomic E-state index is 0.0266. The summed E-state index contributed by atoms with van der Waals surface area (Å²) in [6.45, 7) is 2.37. The lowest BCUT2D eigenvalue weighted by Gasteiger charge is -2.28. The summed E-state index contributed by atoms with van der Waals surface area (Å²) in [5.74, 6) is -0.107. The first-order valence-corrected chi connectivity index (χ1v) is 12.6. The zero-order valence-corrected chi connectivity index (χ0v) is 21.5. The number of anilines is 1. The van der Waals surface area contributed by atoms with Crippen LogP contribution >= 0.6 is 12.2 Å². The highest BCUT2D eigenvalue weighted by Crippen LogP contribution is 2.39. The van der Waals surface area contributed by atoms with Gasteiger partial charge in [0.05, 0.1) is 22.7 Å². The van der Waals surface area contributed by atoms with Crippen LogP contribution in [0.2, 0.25) is 0 Å².